The van der Waals surface area contributed by atoms with Gasteiger partial charge in [-0.2, -0.15) is 0 Å². The van der Waals surface area contributed by atoms with Crippen LogP contribution in [0, 0.1) is 0 Å². The summed E-state index contributed by atoms with van der Waals surface area (Å²) in [6.07, 6.45) is 4.10. The predicted molar refractivity (Wildman–Crippen MR) is 351 cm³/mol. The van der Waals surface area contributed by atoms with E-state index in [4.69, 9.17) is 15.0 Å². The summed E-state index contributed by atoms with van der Waals surface area (Å²) in [6.45, 7) is 27.0. The van der Waals surface area contributed by atoms with Gasteiger partial charge in [-0.05, 0) is 145 Å². The summed E-state index contributed by atoms with van der Waals surface area (Å²) in [5, 5.41) is 2.46. The predicted octanol–water partition coefficient (Wildman–Crippen LogP) is 18.5. The summed E-state index contributed by atoms with van der Waals surface area (Å²) < 4.78 is 2.44. The van der Waals surface area contributed by atoms with Crippen molar-refractivity contribution < 1.29 is 0 Å². The molecule has 0 saturated carbocycles. The Morgan fingerprint density at radius 1 is 0.378 bits per heavy atom. The minimum atomic E-state index is -0.255. The van der Waals surface area contributed by atoms with Crippen molar-refractivity contribution in [2.75, 3.05) is 19.6 Å². The molecule has 0 fully saturated rings. The SMILES string of the molecule is CC(C)(C)c1ccc(N(c2ccc(C(C)(C)C)cc2)c2ccc3c(n2)N(c2ccccc2)c2cncc4c2B3c2ccc(N(c3ccc(C(C)(C)C)cc3)c3ccc(C(C)(C)C)cc3)nc2N4c2cccc3c2sc2ccccc23)cc1. The summed E-state index contributed by atoms with van der Waals surface area (Å²) in [4.78, 5) is 26.5. The number of fused-ring (bicyclic) bond motifs is 7. The maximum Gasteiger partial charge on any atom is 0.256 e. The topological polar surface area (TPSA) is 51.6 Å². The van der Waals surface area contributed by atoms with Crippen molar-refractivity contribution in [1.82, 2.24) is 15.0 Å². The molecule has 6 heterocycles. The molecule has 0 atom stereocenters. The summed E-state index contributed by atoms with van der Waals surface area (Å²) >= 11 is 1.83. The molecule has 4 aromatic heterocycles. The van der Waals surface area contributed by atoms with Gasteiger partial charge in [0.2, 0.25) is 0 Å². The second kappa shape index (κ2) is 19.6. The molecule has 0 bridgehead atoms. The zero-order valence-electron chi connectivity index (χ0n) is 49.2. The number of aromatic nitrogens is 3. The first-order chi connectivity index (χ1) is 39.2. The van der Waals surface area contributed by atoms with Crippen molar-refractivity contribution in [2.45, 2.75) is 105 Å². The second-order valence-electron chi connectivity index (χ2n) is 26.3. The van der Waals surface area contributed by atoms with Gasteiger partial charge in [-0.1, -0.05) is 192 Å². The first-order valence-electron chi connectivity index (χ1n) is 28.8. The van der Waals surface area contributed by atoms with Crippen LogP contribution in [0.1, 0.15) is 105 Å². The maximum atomic E-state index is 5.99. The van der Waals surface area contributed by atoms with E-state index in [1.807, 2.05) is 17.5 Å². The van der Waals surface area contributed by atoms with E-state index in [1.54, 1.807) is 0 Å². The number of hydrogen-bond donors (Lipinski definition) is 0. The standard InChI is InChI=1S/C73H70BN7S/c1-70(2,3)47-25-33-52(34-26-47)78(53-35-27-48(28-36-53)71(4,5)6)64-43-41-58-68(76-64)80(51-19-14-13-15-20-51)61-45-75-46-62-66(61)74(58)59-42-44-65(77-69(59)81(62)60-23-18-22-57-56-21-16-17-24-63(56)82-67(57)60)79(54-37-29-49(30-38-54)72(7,8)9)55-39-31-50(32-40-55)73(10,11)12/h13-46H,1-12H3. The highest BCUT2D eigenvalue weighted by Crippen LogP contribution is 2.49. The number of pyridine rings is 3. The van der Waals surface area contributed by atoms with Crippen LogP contribution in [-0.4, -0.2) is 21.7 Å². The Hall–Kier alpha value is -8.53. The van der Waals surface area contributed by atoms with Crippen LogP contribution in [0.5, 0.6) is 0 Å². The van der Waals surface area contributed by atoms with E-state index < -0.39 is 0 Å². The quantitative estimate of drug-likeness (QED) is 0.141. The molecule has 0 radical (unpaired) electrons. The lowest BCUT2D eigenvalue weighted by molar-refractivity contribution is 0.590. The molecule has 2 aliphatic rings. The van der Waals surface area contributed by atoms with Crippen molar-refractivity contribution in [3.8, 4) is 0 Å². The first kappa shape index (κ1) is 52.8. The van der Waals surface area contributed by atoms with Crippen molar-refractivity contribution in [3.05, 3.63) is 229 Å². The Balaban J connectivity index is 1.06. The first-order valence-corrected chi connectivity index (χ1v) is 29.6. The van der Waals surface area contributed by atoms with Crippen LogP contribution < -0.4 is 36.0 Å². The highest BCUT2D eigenvalue weighted by atomic mass is 32.1. The van der Waals surface area contributed by atoms with Crippen molar-refractivity contribution >= 4 is 123 Å². The average Bonchev–Trinajstić information content (AvgIpc) is 3.57. The van der Waals surface area contributed by atoms with Gasteiger partial charge >= 0.3 is 0 Å². The highest BCUT2D eigenvalue weighted by Gasteiger charge is 2.46. The monoisotopic (exact) mass is 1090 g/mol. The van der Waals surface area contributed by atoms with Crippen LogP contribution in [0.25, 0.3) is 20.2 Å². The van der Waals surface area contributed by atoms with Gasteiger partial charge in [0.1, 0.15) is 23.3 Å². The number of nitrogens with zero attached hydrogens (tertiary/aromatic N) is 7. The zero-order chi connectivity index (χ0) is 57.0. The van der Waals surface area contributed by atoms with Crippen molar-refractivity contribution in [1.29, 1.82) is 0 Å². The van der Waals surface area contributed by atoms with E-state index in [2.05, 4.69) is 303 Å². The molecule has 0 saturated heterocycles. The molecule has 13 rings (SSSR count). The summed E-state index contributed by atoms with van der Waals surface area (Å²) in [6, 6.07) is 71.4. The molecule has 11 aromatic rings. The van der Waals surface area contributed by atoms with Crippen LogP contribution in [0.4, 0.5) is 68.8 Å². The van der Waals surface area contributed by atoms with Crippen molar-refractivity contribution in [2.24, 2.45) is 0 Å². The minimum Gasteiger partial charge on any atom is -0.295 e. The van der Waals surface area contributed by atoms with E-state index in [0.29, 0.717) is 0 Å². The molecule has 7 nitrogen and oxygen atoms in total. The summed E-state index contributed by atoms with van der Waals surface area (Å²) in [7, 11) is 0. The molecule has 0 unspecified atom stereocenters. The van der Waals surface area contributed by atoms with Crippen molar-refractivity contribution in [3.63, 3.8) is 0 Å². The molecular weight excluding hydrogens is 1020 g/mol. The second-order valence-corrected chi connectivity index (χ2v) is 27.4. The number of benzene rings is 7. The number of rotatable bonds is 8. The Bertz CT molecular complexity index is 4090. The van der Waals surface area contributed by atoms with Crippen LogP contribution in [0.2, 0.25) is 0 Å². The van der Waals surface area contributed by atoms with Crippen LogP contribution >= 0.6 is 11.3 Å². The molecule has 7 aromatic carbocycles. The summed E-state index contributed by atoms with van der Waals surface area (Å²) in [5.41, 5.74) is 16.6. The number of thiophene rings is 1. The molecule has 9 heteroatoms. The fourth-order valence-corrected chi connectivity index (χ4v) is 13.2. The van der Waals surface area contributed by atoms with Gasteiger partial charge in [0, 0.05) is 43.9 Å². The fraction of sp³-hybridized carbons (Fsp3) is 0.219. The van der Waals surface area contributed by atoms with E-state index in [1.165, 1.54) is 42.4 Å². The number of anilines is 12. The van der Waals surface area contributed by atoms with E-state index in [-0.39, 0.29) is 28.4 Å². The third-order valence-corrected chi connectivity index (χ3v) is 17.8. The molecule has 406 valence electrons. The molecule has 0 amide bonds. The van der Waals surface area contributed by atoms with Crippen LogP contribution in [0.15, 0.2) is 207 Å². The zero-order valence-corrected chi connectivity index (χ0v) is 50.1. The molecule has 0 N–H and O–H groups in total. The third kappa shape index (κ3) is 9.20. The van der Waals surface area contributed by atoms with E-state index in [9.17, 15) is 0 Å². The molecular formula is C73H70BN7S. The Kier molecular flexibility index (Phi) is 12.6. The Morgan fingerprint density at radius 2 is 0.780 bits per heavy atom. The fourth-order valence-electron chi connectivity index (χ4n) is 12.0. The third-order valence-electron chi connectivity index (χ3n) is 16.6. The van der Waals surface area contributed by atoms with Crippen LogP contribution in [-0.2, 0) is 21.7 Å². The van der Waals surface area contributed by atoms with E-state index >= 15 is 0 Å². The van der Waals surface area contributed by atoms with Gasteiger partial charge in [0.15, 0.2) is 0 Å². The average molecular weight is 1090 g/mol. The molecule has 2 aliphatic heterocycles. The lowest BCUT2D eigenvalue weighted by Gasteiger charge is -2.43. The molecule has 82 heavy (non-hydrogen) atoms. The lowest BCUT2D eigenvalue weighted by Crippen LogP contribution is -2.62. The van der Waals surface area contributed by atoms with Crippen LogP contribution in [0.3, 0.4) is 0 Å². The molecule has 0 spiro atoms. The normalized spacial score (nSPS) is 13.3. The largest absolute Gasteiger partial charge is 0.295 e. The minimum absolute atomic E-state index is 0.00216. The number of hydrogen-bond acceptors (Lipinski definition) is 8. The van der Waals surface area contributed by atoms with E-state index in [0.717, 1.165) is 85.2 Å². The highest BCUT2D eigenvalue weighted by molar-refractivity contribution is 7.26. The van der Waals surface area contributed by atoms with Gasteiger partial charge < -0.3 is 0 Å². The van der Waals surface area contributed by atoms with Gasteiger partial charge in [0.05, 0.1) is 34.2 Å². The Morgan fingerprint density at radius 3 is 1.23 bits per heavy atom. The van der Waals surface area contributed by atoms with Gasteiger partial charge in [0.25, 0.3) is 6.71 Å². The lowest BCUT2D eigenvalue weighted by atomic mass is 9.34. The summed E-state index contributed by atoms with van der Waals surface area (Å²) in [5.74, 6) is 3.32. The van der Waals surface area contributed by atoms with Gasteiger partial charge in [-0.25, -0.2) is 9.97 Å². The van der Waals surface area contributed by atoms with Gasteiger partial charge in [-0.15, -0.1) is 11.3 Å². The van der Waals surface area contributed by atoms with Gasteiger partial charge in [-0.3, -0.25) is 24.6 Å². The number of para-hydroxylation sites is 1. The molecule has 0 aliphatic carbocycles. The maximum absolute atomic E-state index is 5.99. The Labute approximate surface area is 488 Å². The smallest absolute Gasteiger partial charge is 0.256 e.